The van der Waals surface area contributed by atoms with Gasteiger partial charge in [-0.3, -0.25) is 4.79 Å². The van der Waals surface area contributed by atoms with Crippen LogP contribution in [0.4, 0.5) is 23.2 Å². The highest BCUT2D eigenvalue weighted by atomic mass is 32.2. The lowest BCUT2D eigenvalue weighted by molar-refractivity contribution is -0.116. The molecular weight excluding hydrogens is 326 g/mol. The molecule has 1 aromatic carbocycles. The normalized spacial score (nSPS) is 11.5. The molecule has 8 heteroatoms. The number of amides is 1. The second kappa shape index (κ2) is 7.93. The lowest BCUT2D eigenvalue weighted by Gasteiger charge is -2.22. The molecule has 0 atom stereocenters. The van der Waals surface area contributed by atoms with Crippen LogP contribution >= 0.6 is 23.5 Å². The minimum absolute atomic E-state index is 0.00938. The number of hydrogen-bond donors (Lipinski definition) is 0. The zero-order valence-corrected chi connectivity index (χ0v) is 13.2. The number of anilines is 1. The van der Waals surface area contributed by atoms with Gasteiger partial charge in [0.2, 0.25) is 5.91 Å². The van der Waals surface area contributed by atoms with E-state index in [1.165, 1.54) is 24.0 Å². The number of benzene rings is 1. The molecule has 0 saturated carbocycles. The van der Waals surface area contributed by atoms with E-state index >= 15 is 0 Å². The average molecular weight is 341 g/mol. The van der Waals surface area contributed by atoms with E-state index in [4.69, 9.17) is 0 Å². The van der Waals surface area contributed by atoms with Gasteiger partial charge in [-0.2, -0.15) is 24.9 Å². The molecule has 0 bridgehead atoms. The van der Waals surface area contributed by atoms with Gasteiger partial charge >= 0.3 is 5.51 Å². The predicted molar refractivity (Wildman–Crippen MR) is 79.3 cm³/mol. The molecule has 1 rings (SSSR count). The van der Waals surface area contributed by atoms with Crippen molar-refractivity contribution in [2.45, 2.75) is 23.7 Å². The van der Waals surface area contributed by atoms with Crippen molar-refractivity contribution in [2.24, 2.45) is 0 Å². The van der Waals surface area contributed by atoms with Crippen LogP contribution in [0.25, 0.3) is 0 Å². The summed E-state index contributed by atoms with van der Waals surface area (Å²) in [5.41, 5.74) is -4.46. The maximum atomic E-state index is 14.0. The van der Waals surface area contributed by atoms with Gasteiger partial charge in [-0.15, -0.1) is 0 Å². The van der Waals surface area contributed by atoms with Crippen molar-refractivity contribution in [3.8, 4) is 0 Å². The molecule has 0 aliphatic carbocycles. The maximum absolute atomic E-state index is 14.0. The Balaban J connectivity index is 2.92. The molecular formula is C13H15F4NOS2. The van der Waals surface area contributed by atoms with Crippen molar-refractivity contribution in [3.05, 3.63) is 24.0 Å². The molecule has 0 spiro atoms. The summed E-state index contributed by atoms with van der Waals surface area (Å²) in [7, 11) is 0. The Morgan fingerprint density at radius 3 is 2.48 bits per heavy atom. The number of halogens is 4. The highest BCUT2D eigenvalue weighted by molar-refractivity contribution is 8.00. The van der Waals surface area contributed by atoms with Crippen LogP contribution in [0.1, 0.15) is 13.3 Å². The Kier molecular flexibility index (Phi) is 6.86. The monoisotopic (exact) mass is 341 g/mol. The van der Waals surface area contributed by atoms with Crippen molar-refractivity contribution in [2.75, 3.05) is 23.5 Å². The Bertz CT molecular complexity index is 494. The third-order valence-electron chi connectivity index (χ3n) is 2.55. The SMILES string of the molecule is CSCCCN(C(C)=O)c1ccc(SC(F)(F)F)cc1F. The van der Waals surface area contributed by atoms with E-state index in [-0.39, 0.29) is 28.3 Å². The Labute approximate surface area is 129 Å². The largest absolute Gasteiger partial charge is 0.446 e. The summed E-state index contributed by atoms with van der Waals surface area (Å²) in [6.45, 7) is 1.63. The molecule has 1 amide bonds. The van der Waals surface area contributed by atoms with E-state index in [1.54, 1.807) is 11.8 Å². The van der Waals surface area contributed by atoms with E-state index < -0.39 is 11.3 Å². The molecule has 0 heterocycles. The molecule has 0 aliphatic heterocycles. The first-order valence-corrected chi connectivity index (χ1v) is 8.28. The molecule has 0 radical (unpaired) electrons. The average Bonchev–Trinajstić information content (AvgIpc) is 2.33. The minimum atomic E-state index is -4.47. The molecule has 2 nitrogen and oxygen atoms in total. The van der Waals surface area contributed by atoms with Gasteiger partial charge < -0.3 is 4.90 Å². The summed E-state index contributed by atoms with van der Waals surface area (Å²) in [4.78, 5) is 12.6. The van der Waals surface area contributed by atoms with Crippen LogP contribution in [0.3, 0.4) is 0 Å². The lowest BCUT2D eigenvalue weighted by atomic mass is 10.2. The van der Waals surface area contributed by atoms with Crippen LogP contribution in [0.15, 0.2) is 23.1 Å². The fourth-order valence-corrected chi connectivity index (χ4v) is 2.70. The molecule has 1 aromatic rings. The second-order valence-electron chi connectivity index (χ2n) is 4.18. The molecule has 0 aliphatic rings. The molecule has 21 heavy (non-hydrogen) atoms. The molecule has 0 unspecified atom stereocenters. The van der Waals surface area contributed by atoms with Gasteiger partial charge in [0.25, 0.3) is 0 Å². The first-order valence-electron chi connectivity index (χ1n) is 6.07. The summed E-state index contributed by atoms with van der Waals surface area (Å²) >= 11 is 1.22. The number of carbonyl (C=O) groups excluding carboxylic acids is 1. The molecule has 0 fully saturated rings. The second-order valence-corrected chi connectivity index (χ2v) is 6.30. The number of nitrogens with zero attached hydrogens (tertiary/aromatic N) is 1. The van der Waals surface area contributed by atoms with Crippen LogP contribution in [-0.4, -0.2) is 30.0 Å². The summed E-state index contributed by atoms with van der Waals surface area (Å²) < 4.78 is 50.7. The van der Waals surface area contributed by atoms with E-state index in [2.05, 4.69) is 0 Å². The Hall–Kier alpha value is -0.890. The summed E-state index contributed by atoms with van der Waals surface area (Å²) in [5, 5.41) is 0. The van der Waals surface area contributed by atoms with E-state index in [0.29, 0.717) is 13.0 Å². The van der Waals surface area contributed by atoms with Crippen LogP contribution < -0.4 is 4.90 Å². The van der Waals surface area contributed by atoms with Gasteiger partial charge in [-0.05, 0) is 48.4 Å². The third-order valence-corrected chi connectivity index (χ3v) is 3.97. The van der Waals surface area contributed by atoms with Crippen molar-refractivity contribution in [1.82, 2.24) is 0 Å². The zero-order chi connectivity index (χ0) is 16.0. The van der Waals surface area contributed by atoms with Crippen molar-refractivity contribution in [1.29, 1.82) is 0 Å². The number of hydrogen-bond acceptors (Lipinski definition) is 3. The van der Waals surface area contributed by atoms with Gasteiger partial charge in [-0.1, -0.05) is 0 Å². The minimum Gasteiger partial charge on any atom is -0.310 e. The zero-order valence-electron chi connectivity index (χ0n) is 11.5. The summed E-state index contributed by atoms with van der Waals surface area (Å²) in [6, 6.07) is 3.18. The number of rotatable bonds is 6. The third kappa shape index (κ3) is 6.17. The quantitative estimate of drug-likeness (QED) is 0.430. The van der Waals surface area contributed by atoms with Crippen molar-refractivity contribution >= 4 is 35.1 Å². The molecule has 118 valence electrons. The molecule has 0 aromatic heterocycles. The first-order chi connectivity index (χ1) is 9.74. The van der Waals surface area contributed by atoms with Crippen LogP contribution in [-0.2, 0) is 4.79 Å². The van der Waals surface area contributed by atoms with Crippen LogP contribution in [0.2, 0.25) is 0 Å². The van der Waals surface area contributed by atoms with Gasteiger partial charge in [0.1, 0.15) is 5.82 Å². The highest BCUT2D eigenvalue weighted by Crippen LogP contribution is 2.38. The number of alkyl halides is 3. The van der Waals surface area contributed by atoms with Gasteiger partial charge in [0.05, 0.1) is 5.69 Å². The first kappa shape index (κ1) is 18.2. The standard InChI is InChI=1S/C13H15F4NOS2/c1-9(19)18(6-3-7-20-2)12-5-4-10(8-11(12)14)21-13(15,16)17/h4-5,8H,3,6-7H2,1-2H3. The van der Waals surface area contributed by atoms with E-state index in [1.807, 2.05) is 6.26 Å². The van der Waals surface area contributed by atoms with E-state index in [9.17, 15) is 22.4 Å². The van der Waals surface area contributed by atoms with Gasteiger partial charge in [0, 0.05) is 18.4 Å². The number of thioether (sulfide) groups is 2. The fourth-order valence-electron chi connectivity index (χ4n) is 1.72. The van der Waals surface area contributed by atoms with Crippen molar-refractivity contribution in [3.63, 3.8) is 0 Å². The summed E-state index contributed by atoms with van der Waals surface area (Å²) in [5.74, 6) is -0.359. The van der Waals surface area contributed by atoms with Crippen LogP contribution in [0.5, 0.6) is 0 Å². The predicted octanol–water partition coefficient (Wildman–Crippen LogP) is 4.54. The molecule has 0 N–H and O–H groups in total. The molecule has 0 saturated heterocycles. The smallest absolute Gasteiger partial charge is 0.310 e. The van der Waals surface area contributed by atoms with Crippen molar-refractivity contribution < 1.29 is 22.4 Å². The Morgan fingerprint density at radius 1 is 1.33 bits per heavy atom. The topological polar surface area (TPSA) is 20.3 Å². The highest BCUT2D eigenvalue weighted by Gasteiger charge is 2.29. The fraction of sp³-hybridized carbons (Fsp3) is 0.462. The lowest BCUT2D eigenvalue weighted by Crippen LogP contribution is -2.30. The maximum Gasteiger partial charge on any atom is 0.446 e. The van der Waals surface area contributed by atoms with Gasteiger partial charge in [-0.25, -0.2) is 4.39 Å². The van der Waals surface area contributed by atoms with E-state index in [0.717, 1.165) is 11.8 Å². The summed E-state index contributed by atoms with van der Waals surface area (Å²) in [6.07, 6.45) is 2.60. The number of carbonyl (C=O) groups is 1. The Morgan fingerprint density at radius 2 is 2.00 bits per heavy atom. The van der Waals surface area contributed by atoms with Crippen LogP contribution in [0, 0.1) is 5.82 Å². The van der Waals surface area contributed by atoms with Gasteiger partial charge in [0.15, 0.2) is 0 Å².